The second-order valence-corrected chi connectivity index (χ2v) is 22.2. The van der Waals surface area contributed by atoms with Crippen molar-refractivity contribution < 1.29 is 63.0 Å². The maximum Gasteiger partial charge on any atom is 0.253 e. The molecule has 0 aliphatic carbocycles. The fourth-order valence-electron chi connectivity index (χ4n) is 6.72. The minimum absolute atomic E-state index is 0.0658. The molecule has 2 aliphatic rings. The van der Waals surface area contributed by atoms with Crippen molar-refractivity contribution in [1.29, 1.82) is 0 Å². The Bertz CT molecular complexity index is 2090. The first-order valence-corrected chi connectivity index (χ1v) is 26.6. The summed E-state index contributed by atoms with van der Waals surface area (Å²) in [5, 5.41) is 39.9. The molecule has 2 aromatic carbocycles. The maximum atomic E-state index is 14.4. The molecule has 0 bridgehead atoms. The molecule has 2 fully saturated rings. The van der Waals surface area contributed by atoms with Gasteiger partial charge in [-0.05, 0) is 163 Å². The highest BCUT2D eigenvalue weighted by Gasteiger charge is 2.37. The van der Waals surface area contributed by atoms with E-state index >= 15 is 0 Å². The highest BCUT2D eigenvalue weighted by Crippen LogP contribution is 2.39. The second-order valence-electron chi connectivity index (χ2n) is 15.7. The van der Waals surface area contributed by atoms with Crippen LogP contribution in [0.15, 0.2) is 0 Å². The number of amides is 6. The number of rotatable bonds is 20. The Balaban J connectivity index is 1.68. The summed E-state index contributed by atoms with van der Waals surface area (Å²) in [7, 11) is 2.95. The first-order valence-electron chi connectivity index (χ1n) is 20.2. The van der Waals surface area contributed by atoms with Gasteiger partial charge in [0.1, 0.15) is 12.2 Å². The molecule has 7 N–H and O–H groups in total. The van der Waals surface area contributed by atoms with Gasteiger partial charge in [0.25, 0.3) is 23.6 Å². The zero-order valence-corrected chi connectivity index (χ0v) is 49.6. The first kappa shape index (κ1) is 57.9. The predicted molar refractivity (Wildman–Crippen MR) is 293 cm³/mol. The molecule has 4 rings (SSSR count). The van der Waals surface area contributed by atoms with E-state index in [0.29, 0.717) is 17.9 Å². The molecule has 2 saturated heterocycles. The molecule has 0 spiro atoms. The van der Waals surface area contributed by atoms with Gasteiger partial charge in [-0.25, -0.2) is 0 Å². The molecule has 20 nitrogen and oxygen atoms in total. The van der Waals surface area contributed by atoms with E-state index in [1.54, 1.807) is 27.7 Å². The van der Waals surface area contributed by atoms with Gasteiger partial charge in [0, 0.05) is 54.0 Å². The Hall–Kier alpha value is -0.680. The number of aliphatic hydroxyl groups is 3. The van der Waals surface area contributed by atoms with Crippen LogP contribution in [-0.2, 0) is 28.5 Å². The molecule has 0 radical (unpaired) electrons. The van der Waals surface area contributed by atoms with Gasteiger partial charge in [-0.3, -0.25) is 33.7 Å². The zero-order chi connectivity index (χ0) is 49.4. The average molecular weight is 1600 g/mol. The van der Waals surface area contributed by atoms with E-state index in [0.717, 1.165) is 0 Å². The highest BCUT2D eigenvalue weighted by atomic mass is 127. The fourth-order valence-corrected chi connectivity index (χ4v) is 16.5. The van der Waals surface area contributed by atoms with Gasteiger partial charge >= 0.3 is 0 Å². The molecule has 2 atom stereocenters. The van der Waals surface area contributed by atoms with E-state index in [1.807, 2.05) is 136 Å². The number of hydrogen-bond donors (Lipinski definition) is 7. The zero-order valence-electron chi connectivity index (χ0n) is 36.7. The lowest BCUT2D eigenvalue weighted by molar-refractivity contribution is -0.138. The van der Waals surface area contributed by atoms with Crippen molar-refractivity contribution in [2.75, 3.05) is 103 Å². The van der Waals surface area contributed by atoms with Crippen molar-refractivity contribution >= 4 is 182 Å². The number of nitrogens with zero attached hydrogens (tertiary/aromatic N) is 3. The molecule has 366 valence electrons. The van der Waals surface area contributed by atoms with Crippen LogP contribution in [-0.4, -0.2) is 172 Å². The van der Waals surface area contributed by atoms with Crippen molar-refractivity contribution in [3.8, 4) is 0 Å². The highest BCUT2D eigenvalue weighted by molar-refractivity contribution is 14.1. The molecule has 2 heterocycles. The third-order valence-electron chi connectivity index (χ3n) is 9.96. The summed E-state index contributed by atoms with van der Waals surface area (Å²) in [6, 6.07) is 0. The van der Waals surface area contributed by atoms with Crippen molar-refractivity contribution in [2.24, 2.45) is 0 Å². The van der Waals surface area contributed by atoms with Crippen molar-refractivity contribution in [3.05, 3.63) is 43.7 Å². The molecule has 2 unspecified atom stereocenters. The van der Waals surface area contributed by atoms with E-state index in [1.165, 1.54) is 28.8 Å². The lowest BCUT2D eigenvalue weighted by Gasteiger charge is -2.29. The Morgan fingerprint density at radius 2 is 0.864 bits per heavy atom. The molecule has 2 aromatic rings. The summed E-state index contributed by atoms with van der Waals surface area (Å²) >= 11 is 11.6. The number of ether oxygens (including phenoxy) is 4. The Labute approximate surface area is 464 Å². The number of likely N-dealkylation sites (N-methyl/N-ethyl adjacent to an activating group) is 2. The molecule has 66 heavy (non-hydrogen) atoms. The SMILES string of the molecule is CN(C(=O)CN(CCO)CC(=O)N(C)c1c(I)c(C(=O)NCC2COC(C)(C)O2)c(I)c(C(=O)NCC2COC(C)(C)O2)c1I)c1c(I)c(C(=O)NCCO)c(I)c(C(=O)NCCO)c1I. The van der Waals surface area contributed by atoms with Crippen LogP contribution in [0.1, 0.15) is 69.1 Å². The third kappa shape index (κ3) is 14.5. The monoisotopic (exact) mass is 1600 g/mol. The number of anilines is 2. The number of carbonyl (C=O) groups excluding carboxylic acids is 6. The minimum Gasteiger partial charge on any atom is -0.395 e. The van der Waals surface area contributed by atoms with Crippen LogP contribution in [0.3, 0.4) is 0 Å². The van der Waals surface area contributed by atoms with E-state index in [9.17, 15) is 44.1 Å². The van der Waals surface area contributed by atoms with Gasteiger partial charge in [0.2, 0.25) is 11.8 Å². The van der Waals surface area contributed by atoms with Crippen LogP contribution < -0.4 is 31.1 Å². The van der Waals surface area contributed by atoms with E-state index in [-0.39, 0.29) is 96.4 Å². The van der Waals surface area contributed by atoms with Crippen molar-refractivity contribution in [2.45, 2.75) is 51.5 Å². The van der Waals surface area contributed by atoms with Gasteiger partial charge in [-0.15, -0.1) is 0 Å². The quantitative estimate of drug-likeness (QED) is 0.0941. The number of carbonyl (C=O) groups is 6. The topological polar surface area (TPSA) is 258 Å². The second kappa shape index (κ2) is 25.6. The lowest BCUT2D eigenvalue weighted by atomic mass is 10.1. The van der Waals surface area contributed by atoms with Crippen LogP contribution in [0, 0.1) is 21.4 Å². The number of hydrogen-bond acceptors (Lipinski definition) is 14. The van der Waals surface area contributed by atoms with Gasteiger partial charge in [-0.1, -0.05) is 0 Å². The van der Waals surface area contributed by atoms with E-state index < -0.39 is 78.9 Å². The molecule has 6 amide bonds. The summed E-state index contributed by atoms with van der Waals surface area (Å²) < 4.78 is 25.1. The fraction of sp³-hybridized carbons (Fsp3) is 0.550. The van der Waals surface area contributed by atoms with Crippen LogP contribution in [0.2, 0.25) is 0 Å². The summed E-state index contributed by atoms with van der Waals surface area (Å²) in [6.45, 7) is 5.68. The number of nitrogens with one attached hydrogen (secondary N) is 4. The lowest BCUT2D eigenvalue weighted by Crippen LogP contribution is -2.46. The molecule has 2 aliphatic heterocycles. The Morgan fingerprint density at radius 1 is 0.545 bits per heavy atom. The molecular weight excluding hydrogens is 1550 g/mol. The molecule has 26 heteroatoms. The third-order valence-corrected chi connectivity index (χ3v) is 16.3. The van der Waals surface area contributed by atoms with Crippen molar-refractivity contribution in [3.63, 3.8) is 0 Å². The summed E-state index contributed by atoms with van der Waals surface area (Å²) in [5.41, 5.74) is 0.968. The van der Waals surface area contributed by atoms with Gasteiger partial charge in [0.15, 0.2) is 11.6 Å². The van der Waals surface area contributed by atoms with Gasteiger partial charge in [-0.2, -0.15) is 0 Å². The van der Waals surface area contributed by atoms with Crippen molar-refractivity contribution in [1.82, 2.24) is 26.2 Å². The standard InChI is InChI=1S/C40H51I6N7O13/c1-39(2)63-17-19(65-39)13-49-37(61)25-28(42)26(38(62)50-14-20-18-64-40(3,4)66-20)32(46)34(31(25)45)52(6)22(58)16-53(9-12-56)15-21(57)51(5)33-29(43)23(35(59)47-7-10-54)27(41)24(30(33)44)36(60)48-8-11-55/h19-20,54-56H,7-18H2,1-6H3,(H,47,59)(H,48,60)(H,49,61)(H,50,62). The largest absolute Gasteiger partial charge is 0.395 e. The van der Waals surface area contributed by atoms with Crippen LogP contribution in [0.25, 0.3) is 0 Å². The van der Waals surface area contributed by atoms with Gasteiger partial charge in [0.05, 0.1) is 94.0 Å². The number of benzene rings is 2. The molecular formula is C40H51I6N7O13. The summed E-state index contributed by atoms with van der Waals surface area (Å²) in [4.78, 5) is 87.5. The molecule has 0 saturated carbocycles. The normalized spacial score (nSPS) is 17.4. The predicted octanol–water partition coefficient (Wildman–Crippen LogP) is 2.44. The van der Waals surface area contributed by atoms with Gasteiger partial charge < -0.3 is 65.3 Å². The molecule has 0 aromatic heterocycles. The number of aliphatic hydroxyl groups excluding tert-OH is 3. The minimum atomic E-state index is -0.821. The van der Waals surface area contributed by atoms with E-state index in [4.69, 9.17) is 18.9 Å². The maximum absolute atomic E-state index is 14.4. The average Bonchev–Trinajstić information content (AvgIpc) is 3.78. The van der Waals surface area contributed by atoms with E-state index in [2.05, 4.69) is 21.3 Å². The first-order chi connectivity index (χ1) is 30.9. The summed E-state index contributed by atoms with van der Waals surface area (Å²) in [5.74, 6) is -4.96. The Kier molecular flexibility index (Phi) is 22.5. The van der Waals surface area contributed by atoms with Crippen LogP contribution >= 0.6 is 136 Å². The Morgan fingerprint density at radius 3 is 1.14 bits per heavy atom. The van der Waals surface area contributed by atoms with Crippen LogP contribution in [0.4, 0.5) is 11.4 Å². The smallest absolute Gasteiger partial charge is 0.253 e. The van der Waals surface area contributed by atoms with Crippen LogP contribution in [0.5, 0.6) is 0 Å². The summed E-state index contributed by atoms with van der Waals surface area (Å²) in [6.07, 6.45) is -0.859. The number of halogens is 6.